The molecule has 0 amide bonds. The molecule has 0 aliphatic carbocycles. The van der Waals surface area contributed by atoms with Crippen molar-refractivity contribution >= 4 is 33.2 Å². The van der Waals surface area contributed by atoms with Crippen molar-refractivity contribution in [3.05, 3.63) is 21.7 Å². The number of hydrogen-bond acceptors (Lipinski definition) is 11. The highest BCUT2D eigenvalue weighted by Crippen LogP contribution is 2.20. The fourth-order valence-corrected chi connectivity index (χ4v) is 4.05. The van der Waals surface area contributed by atoms with Gasteiger partial charge in [-0.2, -0.15) is 0 Å². The maximum Gasteiger partial charge on any atom is 0.354 e. The maximum atomic E-state index is 12.0. The fourth-order valence-electron chi connectivity index (χ4n) is 2.19. The number of nitrogens with one attached hydrogen (secondary N) is 1. The van der Waals surface area contributed by atoms with Gasteiger partial charge in [0.05, 0.1) is 18.8 Å². The second kappa shape index (κ2) is 9.32. The molecule has 1 aliphatic heterocycles. The van der Waals surface area contributed by atoms with E-state index in [9.17, 15) is 18.3 Å². The molecule has 0 saturated heterocycles. The van der Waals surface area contributed by atoms with Gasteiger partial charge in [-0.1, -0.05) is 11.3 Å². The highest BCUT2D eigenvalue weighted by Gasteiger charge is 2.38. The van der Waals surface area contributed by atoms with E-state index in [1.165, 1.54) is 11.3 Å². The molecular weight excluding hydrogens is 410 g/mol. The van der Waals surface area contributed by atoms with E-state index >= 15 is 0 Å². The summed E-state index contributed by atoms with van der Waals surface area (Å²) in [4.78, 5) is 21.3. The molecule has 2 rings (SSSR count). The standard InChI is InChI=1S/C15H23N5O6S2/c1-4-25-14(22)12-11(16)13(19-28(12,23)24)17-5-10(21)7-26-15-18-9(8-27-15)6-20(2)3/h8,10,21H,4-7,16H2,1-3H3,(H,17,19). The van der Waals surface area contributed by atoms with Crippen LogP contribution in [0.5, 0.6) is 5.19 Å². The number of aliphatic hydroxyl groups excluding tert-OH is 1. The molecule has 156 valence electrons. The van der Waals surface area contributed by atoms with Crippen molar-refractivity contribution in [2.24, 2.45) is 10.7 Å². The number of aromatic nitrogens is 1. The van der Waals surface area contributed by atoms with Crippen LogP contribution in [0.15, 0.2) is 21.0 Å². The van der Waals surface area contributed by atoms with Crippen molar-refractivity contribution in [2.75, 3.05) is 33.9 Å². The number of nitrogens with two attached hydrogens (primary N) is 1. The summed E-state index contributed by atoms with van der Waals surface area (Å²) in [6.45, 7) is 1.93. The summed E-state index contributed by atoms with van der Waals surface area (Å²) in [5.74, 6) is -1.27. The van der Waals surface area contributed by atoms with Gasteiger partial charge in [0, 0.05) is 11.9 Å². The minimum atomic E-state index is -4.14. The van der Waals surface area contributed by atoms with Gasteiger partial charge in [-0.3, -0.25) is 9.71 Å². The first-order valence-electron chi connectivity index (χ1n) is 8.28. The molecule has 1 aromatic heterocycles. The number of hydrogen-bond donors (Lipinski definition) is 3. The lowest BCUT2D eigenvalue weighted by molar-refractivity contribution is -0.137. The molecule has 1 aliphatic rings. The van der Waals surface area contributed by atoms with Crippen molar-refractivity contribution in [3.8, 4) is 5.19 Å². The zero-order valence-corrected chi connectivity index (χ0v) is 17.3. The molecule has 28 heavy (non-hydrogen) atoms. The second-order valence-corrected chi connectivity index (χ2v) is 8.51. The van der Waals surface area contributed by atoms with E-state index < -0.39 is 27.0 Å². The summed E-state index contributed by atoms with van der Waals surface area (Å²) in [6.07, 6.45) is -1.03. The van der Waals surface area contributed by atoms with Crippen LogP contribution in [0.1, 0.15) is 12.6 Å². The third-order valence-electron chi connectivity index (χ3n) is 3.33. The first-order valence-corrected chi connectivity index (χ1v) is 10.6. The number of esters is 1. The largest absolute Gasteiger partial charge is 0.467 e. The first kappa shape index (κ1) is 22.1. The molecule has 0 spiro atoms. The molecular formula is C15H23N5O6S2. The Balaban J connectivity index is 1.95. The Hall–Kier alpha value is -2.22. The normalized spacial score (nSPS) is 18.4. The van der Waals surface area contributed by atoms with Gasteiger partial charge in [-0.05, 0) is 21.0 Å². The van der Waals surface area contributed by atoms with Crippen molar-refractivity contribution in [3.63, 3.8) is 0 Å². The summed E-state index contributed by atoms with van der Waals surface area (Å²) < 4.78 is 36.2. The van der Waals surface area contributed by atoms with Crippen molar-refractivity contribution in [2.45, 2.75) is 19.6 Å². The van der Waals surface area contributed by atoms with Gasteiger partial charge >= 0.3 is 5.97 Å². The Bertz CT molecular complexity index is 877. The lowest BCUT2D eigenvalue weighted by atomic mass is 10.3. The highest BCUT2D eigenvalue weighted by atomic mass is 32.2. The number of rotatable bonds is 9. The monoisotopic (exact) mass is 433 g/mol. The van der Waals surface area contributed by atoms with Crippen LogP contribution >= 0.6 is 11.3 Å². The molecule has 0 aromatic carbocycles. The molecule has 4 N–H and O–H groups in total. The topological polar surface area (TPSA) is 156 Å². The number of sulfonamides is 1. The Kier molecular flexibility index (Phi) is 7.35. The summed E-state index contributed by atoms with van der Waals surface area (Å²) >= 11 is 1.31. The molecule has 0 radical (unpaired) electrons. The first-order chi connectivity index (χ1) is 13.1. The third-order valence-corrected chi connectivity index (χ3v) is 5.52. The summed E-state index contributed by atoms with van der Waals surface area (Å²) in [7, 11) is -0.295. The number of nitrogens with zero attached hydrogens (tertiary/aromatic N) is 3. The second-order valence-electron chi connectivity index (χ2n) is 6.07. The average Bonchev–Trinajstić information content (AvgIpc) is 3.12. The van der Waals surface area contributed by atoms with Crippen LogP contribution < -0.4 is 15.2 Å². The van der Waals surface area contributed by atoms with Gasteiger partial charge < -0.3 is 25.2 Å². The highest BCUT2D eigenvalue weighted by molar-refractivity contribution is 7.95. The van der Waals surface area contributed by atoms with E-state index in [0.717, 1.165) is 5.69 Å². The molecule has 1 aromatic rings. The summed E-state index contributed by atoms with van der Waals surface area (Å²) in [6, 6.07) is 0. The maximum absolute atomic E-state index is 12.0. The van der Waals surface area contributed by atoms with Gasteiger partial charge in [-0.15, -0.1) is 0 Å². The van der Waals surface area contributed by atoms with E-state index in [1.807, 2.05) is 24.4 Å². The number of carbonyl (C=O) groups is 1. The molecule has 0 fully saturated rings. The van der Waals surface area contributed by atoms with E-state index in [0.29, 0.717) is 11.7 Å². The van der Waals surface area contributed by atoms with Crippen LogP contribution in [0.3, 0.4) is 0 Å². The summed E-state index contributed by atoms with van der Waals surface area (Å²) in [5.41, 5.74) is 6.21. The third kappa shape index (κ3) is 5.64. The van der Waals surface area contributed by atoms with Crippen molar-refractivity contribution in [1.29, 1.82) is 0 Å². The Morgan fingerprint density at radius 3 is 2.86 bits per heavy atom. The summed E-state index contributed by atoms with van der Waals surface area (Å²) in [5, 5.41) is 12.3. The van der Waals surface area contributed by atoms with Gasteiger partial charge in [-0.25, -0.2) is 18.2 Å². The van der Waals surface area contributed by atoms with Gasteiger partial charge in [0.15, 0.2) is 10.7 Å². The van der Waals surface area contributed by atoms with Crippen LogP contribution in [0.4, 0.5) is 0 Å². The van der Waals surface area contributed by atoms with Gasteiger partial charge in [0.2, 0.25) is 0 Å². The molecule has 13 heteroatoms. The van der Waals surface area contributed by atoms with Crippen LogP contribution in [-0.2, 0) is 26.1 Å². The minimum Gasteiger partial charge on any atom is -0.467 e. The van der Waals surface area contributed by atoms with Crippen LogP contribution in [0.25, 0.3) is 0 Å². The lowest BCUT2D eigenvalue weighted by Crippen LogP contribution is -2.28. The molecule has 0 bridgehead atoms. The van der Waals surface area contributed by atoms with Gasteiger partial charge in [0.1, 0.15) is 18.4 Å². The van der Waals surface area contributed by atoms with Crippen molar-refractivity contribution < 1.29 is 27.8 Å². The predicted octanol–water partition coefficient (Wildman–Crippen LogP) is -0.991. The molecule has 1 atom stereocenters. The smallest absolute Gasteiger partial charge is 0.354 e. The molecule has 11 nitrogen and oxygen atoms in total. The quantitative estimate of drug-likeness (QED) is 0.416. The van der Waals surface area contributed by atoms with Crippen LogP contribution in [0.2, 0.25) is 0 Å². The number of aliphatic imine (C=N–C) groups is 1. The van der Waals surface area contributed by atoms with Crippen LogP contribution in [-0.4, -0.2) is 75.2 Å². The zero-order chi connectivity index (χ0) is 20.9. The van der Waals surface area contributed by atoms with Crippen molar-refractivity contribution in [1.82, 2.24) is 14.6 Å². The Morgan fingerprint density at radius 1 is 1.50 bits per heavy atom. The van der Waals surface area contributed by atoms with Gasteiger partial charge in [0.25, 0.3) is 15.2 Å². The van der Waals surface area contributed by atoms with Crippen LogP contribution in [0, 0.1) is 0 Å². The fraction of sp³-hybridized carbons (Fsp3) is 0.533. The minimum absolute atomic E-state index is 0.000670. The molecule has 0 saturated carbocycles. The number of thiazole rings is 1. The number of carbonyl (C=O) groups excluding carboxylic acids is 1. The average molecular weight is 434 g/mol. The zero-order valence-electron chi connectivity index (χ0n) is 15.7. The number of ether oxygens (including phenoxy) is 2. The van der Waals surface area contributed by atoms with E-state index in [-0.39, 0.29) is 31.3 Å². The predicted molar refractivity (Wildman–Crippen MR) is 103 cm³/mol. The molecule has 1 unspecified atom stereocenters. The Morgan fingerprint density at radius 2 is 2.21 bits per heavy atom. The molecule has 2 heterocycles. The van der Waals surface area contributed by atoms with E-state index in [4.69, 9.17) is 15.2 Å². The SMILES string of the molecule is CCOC(=O)C1=C(N)C(=NCC(O)COc2nc(CN(C)C)cs2)NS1(=O)=O. The number of amidine groups is 1. The lowest BCUT2D eigenvalue weighted by Gasteiger charge is -2.09. The Labute approximate surface area is 166 Å². The van der Waals surface area contributed by atoms with E-state index in [1.54, 1.807) is 6.92 Å². The van der Waals surface area contributed by atoms with E-state index in [2.05, 4.69) is 14.7 Å². The number of aliphatic hydroxyl groups is 1.